The van der Waals surface area contributed by atoms with Gasteiger partial charge in [0.2, 0.25) is 0 Å². The van der Waals surface area contributed by atoms with Crippen LogP contribution in [-0.2, 0) is 17.8 Å². The number of carboxylic acid groups (broad SMARTS) is 1. The van der Waals surface area contributed by atoms with Crippen LogP contribution in [0.25, 0.3) is 0 Å². The number of aromatic carboxylic acids is 1. The van der Waals surface area contributed by atoms with Gasteiger partial charge in [0.1, 0.15) is 11.6 Å². The summed E-state index contributed by atoms with van der Waals surface area (Å²) < 4.78 is 9.79. The first kappa shape index (κ1) is 15.2. The van der Waals surface area contributed by atoms with Gasteiger partial charge in [-0.2, -0.15) is 0 Å². The largest absolute Gasteiger partial charge is 0.478 e. The summed E-state index contributed by atoms with van der Waals surface area (Å²) in [7, 11) is 1.50. The predicted molar refractivity (Wildman–Crippen MR) is 75.8 cm³/mol. The smallest absolute Gasteiger partial charge is 0.338 e. The van der Waals surface area contributed by atoms with E-state index in [1.54, 1.807) is 6.07 Å². The zero-order chi connectivity index (χ0) is 15.4. The third-order valence-corrected chi connectivity index (χ3v) is 3.86. The summed E-state index contributed by atoms with van der Waals surface area (Å²) in [4.78, 5) is 24.1. The molecule has 0 atom stereocenters. The van der Waals surface area contributed by atoms with Crippen molar-refractivity contribution in [2.45, 2.75) is 20.0 Å². The van der Waals surface area contributed by atoms with Gasteiger partial charge in [0, 0.05) is 18.1 Å². The Morgan fingerprint density at radius 1 is 1.48 bits per heavy atom. The number of rotatable bonds is 6. The van der Waals surface area contributed by atoms with Crippen LogP contribution in [0.3, 0.4) is 0 Å². The van der Waals surface area contributed by atoms with E-state index in [9.17, 15) is 9.59 Å². The van der Waals surface area contributed by atoms with Crippen molar-refractivity contribution >= 4 is 28.2 Å². The number of nitrogens with one attached hydrogen (secondary N) is 1. The molecule has 21 heavy (non-hydrogen) atoms. The van der Waals surface area contributed by atoms with Gasteiger partial charge in [0.05, 0.1) is 5.56 Å². The highest BCUT2D eigenvalue weighted by molar-refractivity contribution is 7.16. The lowest BCUT2D eigenvalue weighted by atomic mass is 10.2. The third kappa shape index (κ3) is 3.47. The molecule has 112 valence electrons. The van der Waals surface area contributed by atoms with Gasteiger partial charge in [-0.15, -0.1) is 11.3 Å². The van der Waals surface area contributed by atoms with Crippen molar-refractivity contribution in [1.29, 1.82) is 0 Å². The van der Waals surface area contributed by atoms with Gasteiger partial charge in [-0.3, -0.25) is 4.79 Å². The molecule has 0 radical (unpaired) electrons. The van der Waals surface area contributed by atoms with Crippen LogP contribution in [0.5, 0.6) is 0 Å². The van der Waals surface area contributed by atoms with E-state index < -0.39 is 11.9 Å². The highest BCUT2D eigenvalue weighted by atomic mass is 32.1. The Morgan fingerprint density at radius 3 is 2.86 bits per heavy atom. The van der Waals surface area contributed by atoms with Crippen LogP contribution >= 0.6 is 11.3 Å². The SMILES string of the molecule is CCc1cc(C(=O)O)c(NC(=O)c2cc(COC)on2)s1. The van der Waals surface area contributed by atoms with Gasteiger partial charge >= 0.3 is 5.97 Å². The van der Waals surface area contributed by atoms with Crippen molar-refractivity contribution in [3.8, 4) is 0 Å². The quantitative estimate of drug-likeness (QED) is 0.849. The number of hydrogen-bond acceptors (Lipinski definition) is 6. The number of amides is 1. The van der Waals surface area contributed by atoms with Crippen molar-refractivity contribution in [2.75, 3.05) is 12.4 Å². The molecule has 0 aliphatic carbocycles. The van der Waals surface area contributed by atoms with Gasteiger partial charge in [-0.25, -0.2) is 4.79 Å². The second-order valence-electron chi connectivity index (χ2n) is 4.18. The minimum atomic E-state index is -1.08. The molecule has 0 spiro atoms. The summed E-state index contributed by atoms with van der Waals surface area (Å²) >= 11 is 1.23. The zero-order valence-corrected chi connectivity index (χ0v) is 12.3. The second kappa shape index (κ2) is 6.51. The van der Waals surface area contributed by atoms with Crippen LogP contribution in [0.2, 0.25) is 0 Å². The Morgan fingerprint density at radius 2 is 2.24 bits per heavy atom. The van der Waals surface area contributed by atoms with Crippen LogP contribution in [-0.4, -0.2) is 29.2 Å². The topological polar surface area (TPSA) is 102 Å². The van der Waals surface area contributed by atoms with Crippen LogP contribution in [0.15, 0.2) is 16.7 Å². The molecule has 0 aliphatic rings. The third-order valence-electron chi connectivity index (χ3n) is 2.67. The monoisotopic (exact) mass is 310 g/mol. The van der Waals surface area contributed by atoms with Crippen LogP contribution in [0, 0.1) is 0 Å². The molecule has 1 amide bonds. The second-order valence-corrected chi connectivity index (χ2v) is 5.32. The standard InChI is InChI=1S/C13H14N2O5S/c1-3-8-5-9(13(17)18)12(21-8)14-11(16)10-4-7(6-19-2)20-15-10/h4-5H,3,6H2,1-2H3,(H,14,16)(H,17,18). The van der Waals surface area contributed by atoms with E-state index in [0.717, 1.165) is 4.88 Å². The lowest BCUT2D eigenvalue weighted by molar-refractivity contribution is 0.0698. The van der Waals surface area contributed by atoms with Gasteiger partial charge in [-0.1, -0.05) is 12.1 Å². The average Bonchev–Trinajstić information content (AvgIpc) is 3.05. The summed E-state index contributed by atoms with van der Waals surface area (Å²) in [5, 5.41) is 15.6. The minimum Gasteiger partial charge on any atom is -0.478 e. The number of carbonyl (C=O) groups excluding carboxylic acids is 1. The first-order chi connectivity index (χ1) is 10.0. The molecule has 2 N–H and O–H groups in total. The van der Waals surface area contributed by atoms with E-state index >= 15 is 0 Å². The minimum absolute atomic E-state index is 0.0739. The normalized spacial score (nSPS) is 10.6. The highest BCUT2D eigenvalue weighted by Gasteiger charge is 2.19. The number of aryl methyl sites for hydroxylation is 1. The van der Waals surface area contributed by atoms with E-state index in [-0.39, 0.29) is 17.9 Å². The molecule has 7 nitrogen and oxygen atoms in total. The van der Waals surface area contributed by atoms with Crippen molar-refractivity contribution in [1.82, 2.24) is 5.16 Å². The summed E-state index contributed by atoms with van der Waals surface area (Å²) in [6.45, 7) is 2.12. The maximum absolute atomic E-state index is 12.0. The fourth-order valence-electron chi connectivity index (χ4n) is 1.67. The summed E-state index contributed by atoms with van der Waals surface area (Å²) in [5.74, 6) is -1.18. The number of aromatic nitrogens is 1. The van der Waals surface area contributed by atoms with Gasteiger partial charge in [0.25, 0.3) is 5.91 Å². The van der Waals surface area contributed by atoms with Crippen molar-refractivity contribution < 1.29 is 24.0 Å². The Bertz CT molecular complexity index is 661. The number of methoxy groups -OCH3 is 1. The highest BCUT2D eigenvalue weighted by Crippen LogP contribution is 2.29. The number of carbonyl (C=O) groups is 2. The predicted octanol–water partition coefficient (Wildman–Crippen LogP) is 2.40. The van der Waals surface area contributed by atoms with Crippen LogP contribution in [0.1, 0.15) is 38.4 Å². The Hall–Kier alpha value is -2.19. The maximum atomic E-state index is 12.0. The van der Waals surface area contributed by atoms with E-state index in [1.807, 2.05) is 6.92 Å². The Labute approximate surface area is 124 Å². The molecule has 0 saturated heterocycles. The number of hydrogen-bond donors (Lipinski definition) is 2. The molecular formula is C13H14N2O5S. The molecule has 2 aromatic heterocycles. The lowest BCUT2D eigenvalue weighted by Crippen LogP contribution is -2.13. The molecule has 0 fully saturated rings. The van der Waals surface area contributed by atoms with E-state index in [1.165, 1.54) is 24.5 Å². The van der Waals surface area contributed by atoms with Crippen LogP contribution in [0.4, 0.5) is 5.00 Å². The number of carboxylic acids is 1. The van der Waals surface area contributed by atoms with Crippen LogP contribution < -0.4 is 5.32 Å². The lowest BCUT2D eigenvalue weighted by Gasteiger charge is -2.00. The molecule has 0 unspecified atom stereocenters. The van der Waals surface area contributed by atoms with Crippen molar-refractivity contribution in [2.24, 2.45) is 0 Å². The van der Waals surface area contributed by atoms with Gasteiger partial charge in [0.15, 0.2) is 11.5 Å². The average molecular weight is 310 g/mol. The molecule has 0 aliphatic heterocycles. The first-order valence-electron chi connectivity index (χ1n) is 6.17. The first-order valence-corrected chi connectivity index (χ1v) is 6.98. The molecule has 8 heteroatoms. The van der Waals surface area contributed by atoms with Crippen molar-refractivity contribution in [3.63, 3.8) is 0 Å². The van der Waals surface area contributed by atoms with E-state index in [2.05, 4.69) is 10.5 Å². The molecular weight excluding hydrogens is 296 g/mol. The van der Waals surface area contributed by atoms with Gasteiger partial charge in [-0.05, 0) is 12.5 Å². The Kier molecular flexibility index (Phi) is 4.71. The summed E-state index contributed by atoms with van der Waals surface area (Å²) in [6, 6.07) is 3.01. The molecule has 0 bridgehead atoms. The number of nitrogens with zero attached hydrogens (tertiary/aromatic N) is 1. The molecule has 0 aromatic carbocycles. The van der Waals surface area contributed by atoms with E-state index in [0.29, 0.717) is 17.2 Å². The summed E-state index contributed by atoms with van der Waals surface area (Å²) in [6.07, 6.45) is 0.697. The number of thiophene rings is 1. The molecule has 0 saturated carbocycles. The van der Waals surface area contributed by atoms with E-state index in [4.69, 9.17) is 14.4 Å². The molecule has 2 heterocycles. The maximum Gasteiger partial charge on any atom is 0.338 e. The molecule has 2 rings (SSSR count). The number of anilines is 1. The fourth-order valence-corrected chi connectivity index (χ4v) is 2.65. The Balaban J connectivity index is 2.18. The van der Waals surface area contributed by atoms with Crippen molar-refractivity contribution in [3.05, 3.63) is 34.0 Å². The summed E-state index contributed by atoms with van der Waals surface area (Å²) in [5.41, 5.74) is 0.149. The van der Waals surface area contributed by atoms with Gasteiger partial charge < -0.3 is 19.7 Å². The number of ether oxygens (including phenoxy) is 1. The fraction of sp³-hybridized carbons (Fsp3) is 0.308. The zero-order valence-electron chi connectivity index (χ0n) is 11.5. The molecule has 2 aromatic rings.